The van der Waals surface area contributed by atoms with Gasteiger partial charge >= 0.3 is 5.97 Å². The SMILES string of the molecule is CCCCOc1ccc(C=CC(=O)c2ccc(OC(=O)C(C)(C)C)cc2)c(OCCCC)c1. The molecule has 0 bridgehead atoms. The molecule has 2 rings (SSSR count). The third-order valence-electron chi connectivity index (χ3n) is 4.88. The minimum absolute atomic E-state index is 0.147. The van der Waals surface area contributed by atoms with Crippen LogP contribution in [0.1, 0.15) is 76.2 Å². The van der Waals surface area contributed by atoms with Crippen molar-refractivity contribution in [3.05, 3.63) is 59.7 Å². The molecule has 0 aromatic heterocycles. The van der Waals surface area contributed by atoms with Gasteiger partial charge in [-0.1, -0.05) is 26.7 Å². The maximum atomic E-state index is 12.7. The third-order valence-corrected chi connectivity index (χ3v) is 4.88. The smallest absolute Gasteiger partial charge is 0.316 e. The molecule has 5 nitrogen and oxygen atoms in total. The predicted molar refractivity (Wildman–Crippen MR) is 132 cm³/mol. The molecule has 0 aliphatic rings. The Morgan fingerprint density at radius 2 is 1.45 bits per heavy atom. The van der Waals surface area contributed by atoms with Gasteiger partial charge in [0, 0.05) is 17.2 Å². The lowest BCUT2D eigenvalue weighted by Crippen LogP contribution is -2.25. The van der Waals surface area contributed by atoms with Crippen LogP contribution >= 0.6 is 0 Å². The molecule has 2 aromatic rings. The Bertz CT molecular complexity index is 936. The number of benzene rings is 2. The van der Waals surface area contributed by atoms with Crippen molar-refractivity contribution in [3.63, 3.8) is 0 Å². The summed E-state index contributed by atoms with van der Waals surface area (Å²) in [7, 11) is 0. The van der Waals surface area contributed by atoms with Crippen molar-refractivity contribution in [2.45, 2.75) is 60.3 Å². The second kappa shape index (κ2) is 12.8. The Kier molecular flexibility index (Phi) is 10.2. The molecule has 0 radical (unpaired) electrons. The van der Waals surface area contributed by atoms with E-state index in [9.17, 15) is 9.59 Å². The Balaban J connectivity index is 2.10. The topological polar surface area (TPSA) is 61.8 Å². The van der Waals surface area contributed by atoms with E-state index in [1.807, 2.05) is 18.2 Å². The Hall–Kier alpha value is -3.08. The van der Waals surface area contributed by atoms with Crippen molar-refractivity contribution in [3.8, 4) is 17.2 Å². The maximum Gasteiger partial charge on any atom is 0.316 e. The van der Waals surface area contributed by atoms with Crippen LogP contribution in [0.15, 0.2) is 48.5 Å². The molecule has 0 fully saturated rings. The second-order valence-electron chi connectivity index (χ2n) is 8.97. The van der Waals surface area contributed by atoms with E-state index in [1.165, 1.54) is 6.08 Å². The van der Waals surface area contributed by atoms with Crippen LogP contribution < -0.4 is 14.2 Å². The normalized spacial score (nSPS) is 11.4. The molecule has 0 amide bonds. The zero-order valence-corrected chi connectivity index (χ0v) is 20.5. The number of hydrogen-bond acceptors (Lipinski definition) is 5. The highest BCUT2D eigenvalue weighted by Gasteiger charge is 2.23. The predicted octanol–water partition coefficient (Wildman–Crippen LogP) is 6.89. The van der Waals surface area contributed by atoms with Crippen LogP contribution in [0, 0.1) is 5.41 Å². The molecule has 0 atom stereocenters. The number of allylic oxidation sites excluding steroid dienone is 1. The molecule has 0 aliphatic carbocycles. The highest BCUT2D eigenvalue weighted by atomic mass is 16.5. The zero-order valence-electron chi connectivity index (χ0n) is 20.5. The van der Waals surface area contributed by atoms with Crippen LogP contribution in [0.3, 0.4) is 0 Å². The van der Waals surface area contributed by atoms with E-state index < -0.39 is 5.41 Å². The van der Waals surface area contributed by atoms with E-state index in [-0.39, 0.29) is 11.8 Å². The van der Waals surface area contributed by atoms with Crippen LogP contribution in [0.4, 0.5) is 0 Å². The number of carbonyl (C=O) groups is 2. The number of carbonyl (C=O) groups excluding carboxylic acids is 2. The standard InChI is InChI=1S/C28H36O5/c1-6-8-18-31-24-16-12-22(26(20-24)32-19-9-7-2)13-17-25(29)21-10-14-23(15-11-21)33-27(30)28(3,4)5/h10-17,20H,6-9,18-19H2,1-5H3. The van der Waals surface area contributed by atoms with Crippen molar-refractivity contribution >= 4 is 17.8 Å². The summed E-state index contributed by atoms with van der Waals surface area (Å²) in [5, 5.41) is 0. The van der Waals surface area contributed by atoms with Crippen molar-refractivity contribution in [1.82, 2.24) is 0 Å². The fourth-order valence-electron chi connectivity index (χ4n) is 2.74. The summed E-state index contributed by atoms with van der Waals surface area (Å²) < 4.78 is 17.1. The highest BCUT2D eigenvalue weighted by Crippen LogP contribution is 2.27. The minimum atomic E-state index is -0.593. The molecular weight excluding hydrogens is 416 g/mol. The van der Waals surface area contributed by atoms with Gasteiger partial charge < -0.3 is 14.2 Å². The number of ketones is 1. The van der Waals surface area contributed by atoms with E-state index in [0.717, 1.165) is 37.0 Å². The summed E-state index contributed by atoms with van der Waals surface area (Å²) in [6.45, 7) is 10.9. The van der Waals surface area contributed by atoms with Crippen molar-refractivity contribution in [1.29, 1.82) is 0 Å². The van der Waals surface area contributed by atoms with E-state index in [2.05, 4.69) is 13.8 Å². The summed E-state index contributed by atoms with van der Waals surface area (Å²) in [4.78, 5) is 24.7. The van der Waals surface area contributed by atoms with Crippen molar-refractivity contribution in [2.24, 2.45) is 5.41 Å². The van der Waals surface area contributed by atoms with Gasteiger partial charge in [0.05, 0.1) is 18.6 Å². The van der Waals surface area contributed by atoms with Gasteiger partial charge in [0.2, 0.25) is 0 Å². The molecular formula is C28H36O5. The van der Waals surface area contributed by atoms with Gasteiger partial charge in [-0.25, -0.2) is 0 Å². The quantitative estimate of drug-likeness (QED) is 0.115. The molecule has 5 heteroatoms. The molecule has 0 spiro atoms. The fraction of sp³-hybridized carbons (Fsp3) is 0.429. The van der Waals surface area contributed by atoms with Crippen LogP contribution in [-0.2, 0) is 4.79 Å². The first-order valence-electron chi connectivity index (χ1n) is 11.7. The molecule has 0 aliphatic heterocycles. The molecule has 0 N–H and O–H groups in total. The van der Waals surface area contributed by atoms with Crippen LogP contribution in [-0.4, -0.2) is 25.0 Å². The number of rotatable bonds is 12. The van der Waals surface area contributed by atoms with Gasteiger partial charge in [0.25, 0.3) is 0 Å². The lowest BCUT2D eigenvalue weighted by molar-refractivity contribution is -0.143. The van der Waals surface area contributed by atoms with E-state index in [4.69, 9.17) is 14.2 Å². The van der Waals surface area contributed by atoms with Gasteiger partial charge in [-0.2, -0.15) is 0 Å². The summed E-state index contributed by atoms with van der Waals surface area (Å²) in [6, 6.07) is 12.3. The lowest BCUT2D eigenvalue weighted by Gasteiger charge is -2.16. The molecule has 2 aromatic carbocycles. The number of unbranched alkanes of at least 4 members (excludes halogenated alkanes) is 2. The Labute approximate surface area is 197 Å². The summed E-state index contributed by atoms with van der Waals surface area (Å²) in [5.74, 6) is 1.41. The molecule has 0 saturated heterocycles. The fourth-order valence-corrected chi connectivity index (χ4v) is 2.74. The number of esters is 1. The molecule has 0 unspecified atom stereocenters. The van der Waals surface area contributed by atoms with Gasteiger partial charge in [-0.15, -0.1) is 0 Å². The van der Waals surface area contributed by atoms with Gasteiger partial charge in [-0.05, 0) is 82.2 Å². The minimum Gasteiger partial charge on any atom is -0.493 e. The molecule has 0 heterocycles. The molecule has 33 heavy (non-hydrogen) atoms. The second-order valence-corrected chi connectivity index (χ2v) is 8.97. The van der Waals surface area contributed by atoms with Crippen molar-refractivity contribution < 1.29 is 23.8 Å². The first kappa shape index (κ1) is 26.2. The van der Waals surface area contributed by atoms with E-state index in [0.29, 0.717) is 30.3 Å². The summed E-state index contributed by atoms with van der Waals surface area (Å²) in [5.41, 5.74) is 0.734. The summed E-state index contributed by atoms with van der Waals surface area (Å²) in [6.07, 6.45) is 7.34. The average Bonchev–Trinajstić information content (AvgIpc) is 2.78. The lowest BCUT2D eigenvalue weighted by atomic mass is 9.97. The van der Waals surface area contributed by atoms with Gasteiger partial charge in [0.15, 0.2) is 5.78 Å². The monoisotopic (exact) mass is 452 g/mol. The van der Waals surface area contributed by atoms with Gasteiger partial charge in [0.1, 0.15) is 17.2 Å². The maximum absolute atomic E-state index is 12.7. The first-order valence-corrected chi connectivity index (χ1v) is 11.7. The first-order chi connectivity index (χ1) is 15.7. The van der Waals surface area contributed by atoms with Crippen LogP contribution in [0.25, 0.3) is 6.08 Å². The van der Waals surface area contributed by atoms with Crippen molar-refractivity contribution in [2.75, 3.05) is 13.2 Å². The summed E-state index contributed by atoms with van der Waals surface area (Å²) >= 11 is 0. The third kappa shape index (κ3) is 8.76. The van der Waals surface area contributed by atoms with Gasteiger partial charge in [-0.3, -0.25) is 9.59 Å². The van der Waals surface area contributed by atoms with Crippen LogP contribution in [0.5, 0.6) is 17.2 Å². The number of ether oxygens (including phenoxy) is 3. The Morgan fingerprint density at radius 3 is 2.06 bits per heavy atom. The molecule has 0 saturated carbocycles. The Morgan fingerprint density at radius 1 is 0.848 bits per heavy atom. The number of hydrogen-bond donors (Lipinski definition) is 0. The average molecular weight is 453 g/mol. The largest absolute Gasteiger partial charge is 0.493 e. The molecule has 178 valence electrons. The van der Waals surface area contributed by atoms with Crippen LogP contribution in [0.2, 0.25) is 0 Å². The zero-order chi connectivity index (χ0) is 24.3. The van der Waals surface area contributed by atoms with E-state index >= 15 is 0 Å². The van der Waals surface area contributed by atoms with E-state index in [1.54, 1.807) is 51.1 Å². The highest BCUT2D eigenvalue weighted by molar-refractivity contribution is 6.07.